The minimum absolute atomic E-state index is 0.0479. The predicted octanol–water partition coefficient (Wildman–Crippen LogP) is 4.45. The first-order valence-electron chi connectivity index (χ1n) is 10.4. The molecule has 0 atom stereocenters. The number of nitrogens with one attached hydrogen (secondary N) is 1. The van der Waals surface area contributed by atoms with Crippen molar-refractivity contribution in [3.8, 4) is 0 Å². The Morgan fingerprint density at radius 2 is 1.86 bits per heavy atom. The predicted molar refractivity (Wildman–Crippen MR) is 117 cm³/mol. The first-order valence-corrected chi connectivity index (χ1v) is 10.4. The molecule has 4 rings (SSSR count). The van der Waals surface area contributed by atoms with Gasteiger partial charge in [0.2, 0.25) is 0 Å². The fourth-order valence-corrected chi connectivity index (χ4v) is 3.96. The second-order valence-corrected chi connectivity index (χ2v) is 7.63. The fourth-order valence-electron chi connectivity index (χ4n) is 3.96. The van der Waals surface area contributed by atoms with E-state index in [0.717, 1.165) is 28.7 Å². The van der Waals surface area contributed by atoms with Crippen molar-refractivity contribution < 1.29 is 4.79 Å². The summed E-state index contributed by atoms with van der Waals surface area (Å²) in [7, 11) is 0. The number of aromatic nitrogens is 2. The van der Waals surface area contributed by atoms with Crippen molar-refractivity contribution in [1.29, 1.82) is 0 Å². The van der Waals surface area contributed by atoms with Crippen LogP contribution in [0.3, 0.4) is 0 Å². The standard InChI is InChI=1S/C24H27N3O2/c1-2-3-4-7-18-10-12-19(13-11-18)23(28)26-16-14-20(15-17-26)27-22-9-6-5-8-21(22)25-24(27)29/h5-6,8-14H,2-4,7,15-17H2,1H3,(H,25,29). The summed E-state index contributed by atoms with van der Waals surface area (Å²) in [5.41, 5.74) is 4.54. The number of nitrogens with zero attached hydrogens (tertiary/aromatic N) is 2. The van der Waals surface area contributed by atoms with Gasteiger partial charge in [-0.1, -0.05) is 44.0 Å². The summed E-state index contributed by atoms with van der Waals surface area (Å²) in [6, 6.07) is 15.7. The number of amides is 1. The molecule has 0 unspecified atom stereocenters. The molecule has 0 radical (unpaired) electrons. The van der Waals surface area contributed by atoms with E-state index in [2.05, 4.69) is 24.0 Å². The van der Waals surface area contributed by atoms with Crippen LogP contribution in [0.25, 0.3) is 16.7 Å². The normalized spacial score (nSPS) is 14.2. The third-order valence-electron chi connectivity index (χ3n) is 5.62. The van der Waals surface area contributed by atoms with Gasteiger partial charge >= 0.3 is 5.69 Å². The molecule has 150 valence electrons. The number of H-pyrrole nitrogens is 1. The Bertz CT molecular complexity index is 1090. The maximum atomic E-state index is 12.9. The lowest BCUT2D eigenvalue weighted by atomic mass is 10.0. The van der Waals surface area contributed by atoms with Crippen molar-refractivity contribution in [2.45, 2.75) is 39.0 Å². The van der Waals surface area contributed by atoms with Crippen LogP contribution in [0.15, 0.2) is 59.4 Å². The number of rotatable bonds is 6. The Balaban J connectivity index is 1.46. The van der Waals surface area contributed by atoms with Gasteiger partial charge < -0.3 is 9.88 Å². The number of hydrogen-bond acceptors (Lipinski definition) is 2. The van der Waals surface area contributed by atoms with E-state index in [9.17, 15) is 9.59 Å². The number of imidazole rings is 1. The third-order valence-corrected chi connectivity index (χ3v) is 5.62. The van der Waals surface area contributed by atoms with Gasteiger partial charge in [0.05, 0.1) is 11.0 Å². The summed E-state index contributed by atoms with van der Waals surface area (Å²) in [6.07, 6.45) is 7.35. The van der Waals surface area contributed by atoms with E-state index in [4.69, 9.17) is 0 Å². The lowest BCUT2D eigenvalue weighted by molar-refractivity contribution is 0.0772. The van der Waals surface area contributed by atoms with Crippen LogP contribution in [0.5, 0.6) is 0 Å². The molecule has 1 aliphatic rings. The Morgan fingerprint density at radius 1 is 1.07 bits per heavy atom. The highest BCUT2D eigenvalue weighted by Crippen LogP contribution is 2.21. The van der Waals surface area contributed by atoms with E-state index in [1.165, 1.54) is 24.8 Å². The molecule has 0 saturated carbocycles. The number of hydrogen-bond donors (Lipinski definition) is 1. The first-order chi connectivity index (χ1) is 14.2. The number of carbonyl (C=O) groups is 1. The molecule has 2 heterocycles. The molecule has 0 spiro atoms. The second-order valence-electron chi connectivity index (χ2n) is 7.63. The van der Waals surface area contributed by atoms with Crippen LogP contribution in [-0.4, -0.2) is 33.4 Å². The summed E-state index contributed by atoms with van der Waals surface area (Å²) in [5.74, 6) is 0.0479. The van der Waals surface area contributed by atoms with Crippen LogP contribution < -0.4 is 5.69 Å². The van der Waals surface area contributed by atoms with Crippen molar-refractivity contribution in [3.05, 3.63) is 76.2 Å². The van der Waals surface area contributed by atoms with Gasteiger partial charge in [0.15, 0.2) is 0 Å². The Hall–Kier alpha value is -3.08. The summed E-state index contributed by atoms with van der Waals surface area (Å²) >= 11 is 0. The molecule has 0 aliphatic carbocycles. The van der Waals surface area contributed by atoms with Crippen LogP contribution in [0.4, 0.5) is 0 Å². The molecule has 1 amide bonds. The highest BCUT2D eigenvalue weighted by molar-refractivity contribution is 5.94. The number of fused-ring (bicyclic) bond motifs is 1. The SMILES string of the molecule is CCCCCc1ccc(C(=O)N2CC=C(n3c(=O)[nH]c4ccccc43)CC2)cc1. The molecule has 5 heteroatoms. The van der Waals surface area contributed by atoms with Crippen LogP contribution in [0, 0.1) is 0 Å². The monoisotopic (exact) mass is 389 g/mol. The largest absolute Gasteiger partial charge is 0.334 e. The van der Waals surface area contributed by atoms with Crippen molar-refractivity contribution in [2.75, 3.05) is 13.1 Å². The number of unbranched alkanes of at least 4 members (excludes halogenated alkanes) is 2. The van der Waals surface area contributed by atoms with Gasteiger partial charge in [0.1, 0.15) is 0 Å². The topological polar surface area (TPSA) is 58.1 Å². The molecule has 29 heavy (non-hydrogen) atoms. The second kappa shape index (κ2) is 8.52. The lowest BCUT2D eigenvalue weighted by Crippen LogP contribution is -2.36. The average Bonchev–Trinajstić information content (AvgIpc) is 3.10. The van der Waals surface area contributed by atoms with Gasteiger partial charge in [-0.05, 0) is 48.7 Å². The van der Waals surface area contributed by atoms with Gasteiger partial charge in [-0.15, -0.1) is 0 Å². The number of aryl methyl sites for hydroxylation is 1. The maximum absolute atomic E-state index is 12.9. The van der Waals surface area contributed by atoms with Crippen molar-refractivity contribution in [3.63, 3.8) is 0 Å². The summed E-state index contributed by atoms with van der Waals surface area (Å²) < 4.78 is 1.72. The Labute approximate surface area is 170 Å². The van der Waals surface area contributed by atoms with E-state index >= 15 is 0 Å². The minimum atomic E-state index is -0.129. The zero-order chi connectivity index (χ0) is 20.2. The van der Waals surface area contributed by atoms with Crippen LogP contribution in [-0.2, 0) is 6.42 Å². The zero-order valence-corrected chi connectivity index (χ0v) is 16.9. The Morgan fingerprint density at radius 3 is 2.59 bits per heavy atom. The van der Waals surface area contributed by atoms with Crippen LogP contribution >= 0.6 is 0 Å². The van der Waals surface area contributed by atoms with E-state index in [1.54, 1.807) is 4.57 Å². The highest BCUT2D eigenvalue weighted by Gasteiger charge is 2.21. The average molecular weight is 389 g/mol. The quantitative estimate of drug-likeness (QED) is 0.633. The van der Waals surface area contributed by atoms with Gasteiger partial charge in [0.25, 0.3) is 5.91 Å². The van der Waals surface area contributed by atoms with Crippen molar-refractivity contribution in [1.82, 2.24) is 14.5 Å². The highest BCUT2D eigenvalue weighted by atomic mass is 16.2. The molecule has 5 nitrogen and oxygen atoms in total. The number of carbonyl (C=O) groups excluding carboxylic acids is 1. The van der Waals surface area contributed by atoms with E-state index in [0.29, 0.717) is 19.5 Å². The molecular formula is C24H27N3O2. The maximum Gasteiger partial charge on any atom is 0.330 e. The lowest BCUT2D eigenvalue weighted by Gasteiger charge is -2.27. The molecule has 1 N–H and O–H groups in total. The van der Waals surface area contributed by atoms with Crippen LogP contribution in [0.2, 0.25) is 0 Å². The smallest absolute Gasteiger partial charge is 0.330 e. The first kappa shape index (κ1) is 19.2. The van der Waals surface area contributed by atoms with Gasteiger partial charge in [0, 0.05) is 30.8 Å². The van der Waals surface area contributed by atoms with Gasteiger partial charge in [-0.3, -0.25) is 9.36 Å². The molecule has 1 aromatic heterocycles. The summed E-state index contributed by atoms with van der Waals surface area (Å²) in [5, 5.41) is 0. The third kappa shape index (κ3) is 4.04. The van der Waals surface area contributed by atoms with Crippen LogP contribution in [0.1, 0.15) is 48.5 Å². The molecule has 1 aliphatic heterocycles. The van der Waals surface area contributed by atoms with Crippen molar-refractivity contribution in [2.24, 2.45) is 0 Å². The molecular weight excluding hydrogens is 362 g/mol. The van der Waals surface area contributed by atoms with Gasteiger partial charge in [-0.2, -0.15) is 0 Å². The summed E-state index contributed by atoms with van der Waals surface area (Å²) in [6.45, 7) is 3.32. The number of benzene rings is 2. The molecule has 0 fully saturated rings. The molecule has 2 aromatic carbocycles. The van der Waals surface area contributed by atoms with Crippen molar-refractivity contribution >= 4 is 22.6 Å². The molecule has 0 bridgehead atoms. The summed E-state index contributed by atoms with van der Waals surface area (Å²) in [4.78, 5) is 30.0. The van der Waals surface area contributed by atoms with E-state index < -0.39 is 0 Å². The van der Waals surface area contributed by atoms with E-state index in [-0.39, 0.29) is 11.6 Å². The Kier molecular flexibility index (Phi) is 5.65. The number of para-hydroxylation sites is 2. The number of aromatic amines is 1. The minimum Gasteiger partial charge on any atom is -0.334 e. The van der Waals surface area contributed by atoms with E-state index in [1.807, 2.05) is 47.4 Å². The van der Waals surface area contributed by atoms with Gasteiger partial charge in [-0.25, -0.2) is 4.79 Å². The molecule has 3 aromatic rings. The molecule has 0 saturated heterocycles. The zero-order valence-electron chi connectivity index (χ0n) is 16.9. The fraction of sp³-hybridized carbons (Fsp3) is 0.333.